The first-order chi connectivity index (χ1) is 16.0. The number of alkyl carbamates (subject to hydrolysis) is 1. The molecule has 2 N–H and O–H groups in total. The van der Waals surface area contributed by atoms with Crippen LogP contribution in [0, 0.1) is 12.8 Å². The first-order valence-corrected chi connectivity index (χ1v) is 12.6. The van der Waals surface area contributed by atoms with Gasteiger partial charge in [-0.3, -0.25) is 9.59 Å². The minimum Gasteiger partial charge on any atom is -0.444 e. The van der Waals surface area contributed by atoms with Gasteiger partial charge >= 0.3 is 6.09 Å². The fourth-order valence-electron chi connectivity index (χ4n) is 3.73. The van der Waals surface area contributed by atoms with Crippen molar-refractivity contribution in [1.82, 2.24) is 15.5 Å². The molecule has 0 heterocycles. The number of rotatable bonds is 12. The van der Waals surface area contributed by atoms with Crippen molar-refractivity contribution in [3.05, 3.63) is 35.4 Å². The van der Waals surface area contributed by atoms with Gasteiger partial charge in [-0.15, -0.1) is 0 Å². The average Bonchev–Trinajstić information content (AvgIpc) is 2.76. The Labute approximate surface area is 206 Å². The maximum atomic E-state index is 14.0. The lowest BCUT2D eigenvalue weighted by Gasteiger charge is -2.36. The van der Waals surface area contributed by atoms with Crippen LogP contribution in [-0.2, 0) is 14.3 Å². The number of nitrogens with zero attached hydrogens (tertiary/aromatic N) is 1. The molecule has 34 heavy (non-hydrogen) atoms. The van der Waals surface area contributed by atoms with Gasteiger partial charge in [-0.05, 0) is 57.6 Å². The third-order valence-electron chi connectivity index (χ3n) is 5.77. The summed E-state index contributed by atoms with van der Waals surface area (Å²) in [6.07, 6.45) is 2.55. The van der Waals surface area contributed by atoms with Crippen LogP contribution < -0.4 is 10.6 Å². The number of amides is 3. The molecule has 1 aromatic carbocycles. The van der Waals surface area contributed by atoms with E-state index < -0.39 is 23.8 Å². The lowest BCUT2D eigenvalue weighted by molar-refractivity contribution is -0.143. The van der Waals surface area contributed by atoms with Crippen LogP contribution in [0.15, 0.2) is 24.3 Å². The highest BCUT2D eigenvalue weighted by Crippen LogP contribution is 2.27. The molecule has 0 aliphatic heterocycles. The molecule has 0 spiro atoms. The Hall–Kier alpha value is -2.57. The Morgan fingerprint density at radius 3 is 2.24 bits per heavy atom. The molecule has 192 valence electrons. The molecule has 0 aliphatic rings. The number of aryl methyl sites for hydroxylation is 1. The van der Waals surface area contributed by atoms with Gasteiger partial charge < -0.3 is 20.3 Å². The van der Waals surface area contributed by atoms with Crippen LogP contribution in [0.3, 0.4) is 0 Å². The second kappa shape index (κ2) is 14.0. The molecule has 3 atom stereocenters. The molecule has 0 bridgehead atoms. The molecule has 1 aromatic rings. The number of benzene rings is 1. The summed E-state index contributed by atoms with van der Waals surface area (Å²) in [4.78, 5) is 41.6. The van der Waals surface area contributed by atoms with Gasteiger partial charge in [0.05, 0.1) is 0 Å². The van der Waals surface area contributed by atoms with Crippen molar-refractivity contribution in [3.63, 3.8) is 0 Å². The fraction of sp³-hybridized carbons (Fsp3) is 0.667. The highest BCUT2D eigenvalue weighted by Gasteiger charge is 2.38. The van der Waals surface area contributed by atoms with Gasteiger partial charge in [0.2, 0.25) is 11.8 Å². The van der Waals surface area contributed by atoms with Crippen molar-refractivity contribution in [2.24, 2.45) is 5.92 Å². The summed E-state index contributed by atoms with van der Waals surface area (Å²) in [5.41, 5.74) is 1.05. The van der Waals surface area contributed by atoms with E-state index in [1.54, 1.807) is 25.7 Å². The van der Waals surface area contributed by atoms with Crippen molar-refractivity contribution in [2.45, 2.75) is 98.8 Å². The van der Waals surface area contributed by atoms with Gasteiger partial charge in [-0.2, -0.15) is 0 Å². The largest absolute Gasteiger partial charge is 0.444 e. The van der Waals surface area contributed by atoms with E-state index >= 15 is 0 Å². The van der Waals surface area contributed by atoms with Crippen molar-refractivity contribution >= 4 is 17.9 Å². The summed E-state index contributed by atoms with van der Waals surface area (Å²) in [6, 6.07) is 6.06. The zero-order valence-electron chi connectivity index (χ0n) is 22.4. The molecule has 0 saturated heterocycles. The lowest BCUT2D eigenvalue weighted by Crippen LogP contribution is -2.55. The maximum Gasteiger partial charge on any atom is 0.408 e. The van der Waals surface area contributed by atoms with Gasteiger partial charge in [-0.25, -0.2) is 4.79 Å². The van der Waals surface area contributed by atoms with Gasteiger partial charge in [-0.1, -0.05) is 64.8 Å². The van der Waals surface area contributed by atoms with Gasteiger partial charge in [0.1, 0.15) is 17.7 Å². The zero-order valence-corrected chi connectivity index (χ0v) is 22.4. The van der Waals surface area contributed by atoms with E-state index in [1.807, 2.05) is 52.0 Å². The summed E-state index contributed by atoms with van der Waals surface area (Å²) in [7, 11) is 0. The van der Waals surface area contributed by atoms with Crippen molar-refractivity contribution in [1.29, 1.82) is 0 Å². The molecule has 3 amide bonds. The van der Waals surface area contributed by atoms with E-state index in [0.29, 0.717) is 25.9 Å². The predicted octanol–water partition coefficient (Wildman–Crippen LogP) is 5.13. The van der Waals surface area contributed by atoms with Gasteiger partial charge in [0.15, 0.2) is 0 Å². The summed E-state index contributed by atoms with van der Waals surface area (Å²) < 4.78 is 5.43. The maximum absolute atomic E-state index is 14.0. The van der Waals surface area contributed by atoms with Crippen LogP contribution in [-0.4, -0.2) is 47.5 Å². The summed E-state index contributed by atoms with van der Waals surface area (Å²) in [5, 5.41) is 5.80. The van der Waals surface area contributed by atoms with Crippen molar-refractivity contribution in [3.8, 4) is 0 Å². The molecule has 7 nitrogen and oxygen atoms in total. The summed E-state index contributed by atoms with van der Waals surface area (Å²) >= 11 is 0. The normalized spacial score (nSPS) is 14.0. The number of hydrogen-bond donors (Lipinski definition) is 2. The standard InChI is InChI=1S/C27H45N3O4/c1-9-12-17-28-24(31)23(21-16-14-13-15-20(21)5)30(18-10-2)25(32)22(19(4)11-3)29-26(33)34-27(6,7)8/h13-16,19,22-23H,9-12,17-18H2,1-8H3,(H,28,31)(H,29,33). The van der Waals surface area contributed by atoms with Crippen LogP contribution in [0.5, 0.6) is 0 Å². The van der Waals surface area contributed by atoms with Gasteiger partial charge in [0, 0.05) is 13.1 Å². The number of carbonyl (C=O) groups is 3. The number of nitrogens with one attached hydrogen (secondary N) is 2. The number of carbonyl (C=O) groups excluding carboxylic acids is 3. The topological polar surface area (TPSA) is 87.7 Å². The van der Waals surface area contributed by atoms with E-state index in [9.17, 15) is 14.4 Å². The fourth-order valence-corrected chi connectivity index (χ4v) is 3.73. The van der Waals surface area contributed by atoms with Crippen LogP contribution in [0.2, 0.25) is 0 Å². The number of hydrogen-bond acceptors (Lipinski definition) is 4. The summed E-state index contributed by atoms with van der Waals surface area (Å²) in [6.45, 7) is 16.2. The second-order valence-electron chi connectivity index (χ2n) is 9.94. The molecular weight excluding hydrogens is 430 g/mol. The Kier molecular flexibility index (Phi) is 12.1. The quantitative estimate of drug-likeness (QED) is 0.410. The van der Waals surface area contributed by atoms with Crippen molar-refractivity contribution in [2.75, 3.05) is 13.1 Å². The Morgan fingerprint density at radius 1 is 1.06 bits per heavy atom. The minimum atomic E-state index is -0.804. The van der Waals surface area contributed by atoms with Crippen LogP contribution in [0.4, 0.5) is 4.79 Å². The SMILES string of the molecule is CCCCNC(=O)C(c1ccccc1C)N(CCC)C(=O)C(NC(=O)OC(C)(C)C)C(C)CC. The molecular formula is C27H45N3O4. The van der Waals surface area contributed by atoms with Crippen LogP contribution in [0.1, 0.15) is 91.3 Å². The smallest absolute Gasteiger partial charge is 0.408 e. The molecule has 1 rings (SSSR count). The van der Waals surface area contributed by atoms with Crippen LogP contribution in [0.25, 0.3) is 0 Å². The summed E-state index contributed by atoms with van der Waals surface area (Å²) in [5.74, 6) is -0.620. The third kappa shape index (κ3) is 8.99. The third-order valence-corrected chi connectivity index (χ3v) is 5.77. The molecule has 0 radical (unpaired) electrons. The average molecular weight is 476 g/mol. The Morgan fingerprint density at radius 2 is 1.71 bits per heavy atom. The van der Waals surface area contributed by atoms with E-state index in [1.165, 1.54) is 0 Å². The molecule has 7 heteroatoms. The predicted molar refractivity (Wildman–Crippen MR) is 136 cm³/mol. The lowest BCUT2D eigenvalue weighted by atomic mass is 9.94. The van der Waals surface area contributed by atoms with Crippen molar-refractivity contribution < 1.29 is 19.1 Å². The first-order valence-electron chi connectivity index (χ1n) is 12.6. The second-order valence-corrected chi connectivity index (χ2v) is 9.94. The zero-order chi connectivity index (χ0) is 25.9. The van der Waals surface area contributed by atoms with E-state index in [-0.39, 0.29) is 17.7 Å². The van der Waals surface area contributed by atoms with E-state index in [2.05, 4.69) is 17.6 Å². The van der Waals surface area contributed by atoms with E-state index in [0.717, 1.165) is 24.0 Å². The highest BCUT2D eigenvalue weighted by atomic mass is 16.6. The van der Waals surface area contributed by atoms with Gasteiger partial charge in [0.25, 0.3) is 0 Å². The highest BCUT2D eigenvalue weighted by molar-refractivity contribution is 5.92. The van der Waals surface area contributed by atoms with E-state index in [4.69, 9.17) is 4.74 Å². The molecule has 0 aliphatic carbocycles. The number of ether oxygens (including phenoxy) is 1. The van der Waals surface area contributed by atoms with Crippen LogP contribution >= 0.6 is 0 Å². The number of unbranched alkanes of at least 4 members (excludes halogenated alkanes) is 1. The molecule has 3 unspecified atom stereocenters. The Bertz CT molecular complexity index is 803. The molecule has 0 fully saturated rings. The first kappa shape index (κ1) is 29.5. The monoisotopic (exact) mass is 475 g/mol. The Balaban J connectivity index is 3.41. The molecule has 0 aromatic heterocycles. The minimum absolute atomic E-state index is 0.139. The molecule has 0 saturated carbocycles.